The predicted octanol–water partition coefficient (Wildman–Crippen LogP) is 2.69. The second kappa shape index (κ2) is 6.55. The van der Waals surface area contributed by atoms with Gasteiger partial charge in [0, 0.05) is 42.8 Å². The number of halogens is 3. The van der Waals surface area contributed by atoms with Crippen molar-refractivity contribution in [3.05, 3.63) is 34.6 Å². The van der Waals surface area contributed by atoms with Gasteiger partial charge in [-0.3, -0.25) is 4.90 Å². The molecule has 0 bridgehead atoms. The van der Waals surface area contributed by atoms with E-state index in [1.165, 1.54) is 6.07 Å². The zero-order chi connectivity index (χ0) is 11.5. The van der Waals surface area contributed by atoms with Gasteiger partial charge in [-0.1, -0.05) is 17.7 Å². The van der Waals surface area contributed by atoms with Crippen LogP contribution < -0.4 is 5.32 Å². The summed E-state index contributed by atoms with van der Waals surface area (Å²) in [6.07, 6.45) is 0. The highest BCUT2D eigenvalue weighted by Crippen LogP contribution is 2.21. The lowest BCUT2D eigenvalue weighted by atomic mass is 10.1. The van der Waals surface area contributed by atoms with Crippen molar-refractivity contribution in [1.29, 1.82) is 0 Å². The van der Waals surface area contributed by atoms with Crippen molar-refractivity contribution in [2.24, 2.45) is 0 Å². The van der Waals surface area contributed by atoms with Crippen molar-refractivity contribution in [3.8, 4) is 0 Å². The van der Waals surface area contributed by atoms with Gasteiger partial charge in [0.25, 0.3) is 0 Å². The van der Waals surface area contributed by atoms with E-state index in [-0.39, 0.29) is 18.2 Å². The van der Waals surface area contributed by atoms with Crippen LogP contribution in [0, 0.1) is 5.82 Å². The molecule has 0 saturated carbocycles. The molecule has 1 aromatic rings. The van der Waals surface area contributed by atoms with Crippen LogP contribution in [0.4, 0.5) is 4.39 Å². The predicted molar refractivity (Wildman–Crippen MR) is 71.4 cm³/mol. The zero-order valence-corrected chi connectivity index (χ0v) is 11.3. The SMILES string of the molecule is C[C@H]1CNCCN1Cc1c(F)cccc1Cl.Cl. The topological polar surface area (TPSA) is 15.3 Å². The summed E-state index contributed by atoms with van der Waals surface area (Å²) in [6.45, 7) is 5.57. The van der Waals surface area contributed by atoms with Gasteiger partial charge in [-0.05, 0) is 19.1 Å². The molecule has 1 N–H and O–H groups in total. The van der Waals surface area contributed by atoms with Crippen LogP contribution in [0.2, 0.25) is 5.02 Å². The summed E-state index contributed by atoms with van der Waals surface area (Å²) in [4.78, 5) is 2.25. The Morgan fingerprint density at radius 1 is 1.53 bits per heavy atom. The van der Waals surface area contributed by atoms with Crippen LogP contribution in [0.15, 0.2) is 18.2 Å². The smallest absolute Gasteiger partial charge is 0.129 e. The van der Waals surface area contributed by atoms with Crippen molar-refractivity contribution in [2.75, 3.05) is 19.6 Å². The summed E-state index contributed by atoms with van der Waals surface area (Å²) < 4.78 is 13.6. The maximum atomic E-state index is 13.6. The highest BCUT2D eigenvalue weighted by molar-refractivity contribution is 6.31. The summed E-state index contributed by atoms with van der Waals surface area (Å²) in [5, 5.41) is 3.83. The molecule has 1 fully saturated rings. The number of nitrogens with one attached hydrogen (secondary N) is 1. The van der Waals surface area contributed by atoms with Crippen LogP contribution in [0.5, 0.6) is 0 Å². The second-order valence-corrected chi connectivity index (χ2v) is 4.63. The molecular formula is C12H17Cl2FN2. The summed E-state index contributed by atoms with van der Waals surface area (Å²) in [6, 6.07) is 5.27. The van der Waals surface area contributed by atoms with Crippen LogP contribution >= 0.6 is 24.0 Å². The van der Waals surface area contributed by atoms with Gasteiger partial charge in [0.1, 0.15) is 5.82 Å². The normalized spacial score (nSPS) is 21.0. The lowest BCUT2D eigenvalue weighted by molar-refractivity contribution is 0.164. The van der Waals surface area contributed by atoms with Gasteiger partial charge in [0.05, 0.1) is 0 Å². The van der Waals surface area contributed by atoms with E-state index < -0.39 is 0 Å². The Morgan fingerprint density at radius 2 is 2.29 bits per heavy atom. The summed E-state index contributed by atoms with van der Waals surface area (Å²) in [5.41, 5.74) is 0.609. The van der Waals surface area contributed by atoms with Gasteiger partial charge in [0.2, 0.25) is 0 Å². The third kappa shape index (κ3) is 3.55. The highest BCUT2D eigenvalue weighted by atomic mass is 35.5. The van der Waals surface area contributed by atoms with Crippen molar-refractivity contribution < 1.29 is 4.39 Å². The van der Waals surface area contributed by atoms with E-state index in [2.05, 4.69) is 17.1 Å². The first kappa shape index (κ1) is 14.7. The quantitative estimate of drug-likeness (QED) is 0.895. The van der Waals surface area contributed by atoms with Crippen molar-refractivity contribution in [1.82, 2.24) is 10.2 Å². The minimum Gasteiger partial charge on any atom is -0.314 e. The molecule has 0 unspecified atom stereocenters. The summed E-state index contributed by atoms with van der Waals surface area (Å²) in [7, 11) is 0. The molecule has 1 atom stereocenters. The average Bonchev–Trinajstić information content (AvgIpc) is 2.26. The molecule has 1 saturated heterocycles. The van der Waals surface area contributed by atoms with E-state index in [0.717, 1.165) is 19.6 Å². The maximum Gasteiger partial charge on any atom is 0.129 e. The zero-order valence-electron chi connectivity index (χ0n) is 9.75. The number of nitrogens with zero attached hydrogens (tertiary/aromatic N) is 1. The number of piperazine rings is 1. The standard InChI is InChI=1S/C12H16ClFN2.ClH/c1-9-7-15-5-6-16(9)8-10-11(13)3-2-4-12(10)14;/h2-4,9,15H,5-8H2,1H3;1H/t9-;/m0./s1. The number of hydrogen-bond acceptors (Lipinski definition) is 2. The van der Waals surface area contributed by atoms with Gasteiger partial charge in [0.15, 0.2) is 0 Å². The minimum absolute atomic E-state index is 0. The minimum atomic E-state index is -0.210. The van der Waals surface area contributed by atoms with Gasteiger partial charge >= 0.3 is 0 Å². The Balaban J connectivity index is 0.00000144. The Bertz CT molecular complexity index is 353. The van der Waals surface area contributed by atoms with E-state index >= 15 is 0 Å². The third-order valence-corrected chi connectivity index (χ3v) is 3.42. The van der Waals surface area contributed by atoms with E-state index in [9.17, 15) is 4.39 Å². The lowest BCUT2D eigenvalue weighted by Gasteiger charge is -2.34. The third-order valence-electron chi connectivity index (χ3n) is 3.06. The van der Waals surface area contributed by atoms with Crippen molar-refractivity contribution in [2.45, 2.75) is 19.5 Å². The van der Waals surface area contributed by atoms with Crippen LogP contribution in [0.25, 0.3) is 0 Å². The molecule has 2 rings (SSSR count). The molecule has 2 nitrogen and oxygen atoms in total. The van der Waals surface area contributed by atoms with Crippen LogP contribution in [-0.2, 0) is 6.54 Å². The molecule has 17 heavy (non-hydrogen) atoms. The van der Waals surface area contributed by atoms with Gasteiger partial charge < -0.3 is 5.32 Å². The van der Waals surface area contributed by atoms with Crippen molar-refractivity contribution >= 4 is 24.0 Å². The first-order valence-electron chi connectivity index (χ1n) is 5.56. The molecule has 1 aliphatic heterocycles. The first-order valence-corrected chi connectivity index (χ1v) is 5.94. The molecule has 0 aromatic heterocycles. The second-order valence-electron chi connectivity index (χ2n) is 4.22. The molecule has 1 heterocycles. The van der Waals surface area contributed by atoms with E-state index in [0.29, 0.717) is 23.2 Å². The van der Waals surface area contributed by atoms with Crippen LogP contribution in [0.3, 0.4) is 0 Å². The Labute approximate surface area is 113 Å². The molecule has 0 aliphatic carbocycles. The fraction of sp³-hybridized carbons (Fsp3) is 0.500. The fourth-order valence-electron chi connectivity index (χ4n) is 2.00. The lowest BCUT2D eigenvalue weighted by Crippen LogP contribution is -2.49. The largest absolute Gasteiger partial charge is 0.314 e. The molecular weight excluding hydrogens is 262 g/mol. The van der Waals surface area contributed by atoms with E-state index in [1.54, 1.807) is 12.1 Å². The molecule has 0 amide bonds. The molecule has 96 valence electrons. The molecule has 0 spiro atoms. The molecule has 0 radical (unpaired) electrons. The Morgan fingerprint density at radius 3 is 2.94 bits per heavy atom. The van der Waals surface area contributed by atoms with Crippen LogP contribution in [-0.4, -0.2) is 30.6 Å². The van der Waals surface area contributed by atoms with E-state index in [4.69, 9.17) is 11.6 Å². The molecule has 1 aromatic carbocycles. The van der Waals surface area contributed by atoms with Crippen LogP contribution in [0.1, 0.15) is 12.5 Å². The number of hydrogen-bond donors (Lipinski definition) is 1. The molecule has 5 heteroatoms. The Kier molecular flexibility index (Phi) is 5.67. The average molecular weight is 279 g/mol. The monoisotopic (exact) mass is 278 g/mol. The number of benzene rings is 1. The van der Waals surface area contributed by atoms with Gasteiger partial charge in [-0.25, -0.2) is 4.39 Å². The Hall–Kier alpha value is -0.350. The van der Waals surface area contributed by atoms with E-state index in [1.807, 2.05) is 0 Å². The maximum absolute atomic E-state index is 13.6. The first-order chi connectivity index (χ1) is 7.68. The van der Waals surface area contributed by atoms with Gasteiger partial charge in [-0.2, -0.15) is 0 Å². The summed E-state index contributed by atoms with van der Waals surface area (Å²) in [5.74, 6) is -0.210. The summed E-state index contributed by atoms with van der Waals surface area (Å²) >= 11 is 6.01. The number of rotatable bonds is 2. The van der Waals surface area contributed by atoms with Crippen molar-refractivity contribution in [3.63, 3.8) is 0 Å². The molecule has 1 aliphatic rings. The van der Waals surface area contributed by atoms with Gasteiger partial charge in [-0.15, -0.1) is 12.4 Å². The fourth-order valence-corrected chi connectivity index (χ4v) is 2.23. The highest BCUT2D eigenvalue weighted by Gasteiger charge is 2.20.